The number of nitriles is 1. The van der Waals surface area contributed by atoms with E-state index in [0.717, 1.165) is 17.4 Å². The number of carbonyl (C=O) groups is 1. The van der Waals surface area contributed by atoms with Crippen LogP contribution in [0.1, 0.15) is 23.1 Å². The highest BCUT2D eigenvalue weighted by Gasteiger charge is 1.96. The quantitative estimate of drug-likeness (QED) is 0.679. The van der Waals surface area contributed by atoms with Crippen LogP contribution < -0.4 is 0 Å². The maximum Gasteiger partial charge on any atom is 0.123 e. The summed E-state index contributed by atoms with van der Waals surface area (Å²) in [4.78, 5) is 10.1. The first-order chi connectivity index (χ1) is 6.77. The Kier molecular flexibility index (Phi) is 3.63. The minimum Gasteiger partial charge on any atom is -0.303 e. The zero-order chi connectivity index (χ0) is 10.4. The standard InChI is InChI=1S/C12H11NO/c1-10-5-6-11(4-2-3-7-14)8-12(10)9-13/h2,4-8H,3H2,1H3. The van der Waals surface area contributed by atoms with Crippen LogP contribution in [0, 0.1) is 18.3 Å². The Labute approximate surface area is 83.5 Å². The van der Waals surface area contributed by atoms with E-state index in [9.17, 15) is 4.79 Å². The van der Waals surface area contributed by atoms with Crippen LogP contribution in [0.15, 0.2) is 24.3 Å². The number of aryl methyl sites for hydroxylation is 1. The smallest absolute Gasteiger partial charge is 0.123 e. The van der Waals surface area contributed by atoms with Crippen LogP contribution in [-0.2, 0) is 4.79 Å². The molecule has 0 aromatic heterocycles. The van der Waals surface area contributed by atoms with Crippen molar-refractivity contribution in [2.24, 2.45) is 0 Å². The van der Waals surface area contributed by atoms with Gasteiger partial charge in [0.2, 0.25) is 0 Å². The molecule has 0 unspecified atom stereocenters. The lowest BCUT2D eigenvalue weighted by molar-refractivity contribution is -0.107. The Hall–Kier alpha value is -1.88. The topological polar surface area (TPSA) is 40.9 Å². The number of allylic oxidation sites excluding steroid dienone is 1. The van der Waals surface area contributed by atoms with E-state index in [4.69, 9.17) is 5.26 Å². The third kappa shape index (κ3) is 2.56. The van der Waals surface area contributed by atoms with Gasteiger partial charge in [-0.15, -0.1) is 0 Å². The molecule has 0 saturated heterocycles. The van der Waals surface area contributed by atoms with E-state index in [1.54, 1.807) is 6.08 Å². The summed E-state index contributed by atoms with van der Waals surface area (Å²) in [5, 5.41) is 8.78. The van der Waals surface area contributed by atoms with Crippen LogP contribution in [0.4, 0.5) is 0 Å². The predicted octanol–water partition coefficient (Wildman–Crippen LogP) is 2.47. The number of hydrogen-bond donors (Lipinski definition) is 0. The van der Waals surface area contributed by atoms with Crippen LogP contribution in [0.5, 0.6) is 0 Å². The van der Waals surface area contributed by atoms with Crippen molar-refractivity contribution in [1.29, 1.82) is 5.26 Å². The van der Waals surface area contributed by atoms with Crippen LogP contribution in [0.3, 0.4) is 0 Å². The first-order valence-electron chi connectivity index (χ1n) is 4.39. The Morgan fingerprint density at radius 1 is 1.50 bits per heavy atom. The molecule has 2 heteroatoms. The van der Waals surface area contributed by atoms with Gasteiger partial charge < -0.3 is 4.79 Å². The molecule has 2 nitrogen and oxygen atoms in total. The number of aldehydes is 1. The first-order valence-corrected chi connectivity index (χ1v) is 4.39. The van der Waals surface area contributed by atoms with Crippen molar-refractivity contribution < 1.29 is 4.79 Å². The summed E-state index contributed by atoms with van der Waals surface area (Å²) in [5.74, 6) is 0. The summed E-state index contributed by atoms with van der Waals surface area (Å²) in [7, 11) is 0. The minimum atomic E-state index is 0.412. The number of nitrogens with zero attached hydrogens (tertiary/aromatic N) is 1. The summed E-state index contributed by atoms with van der Waals surface area (Å²) in [6, 6.07) is 7.77. The maximum absolute atomic E-state index is 10.1. The summed E-state index contributed by atoms with van der Waals surface area (Å²) in [6.45, 7) is 1.90. The molecule has 0 aliphatic rings. The van der Waals surface area contributed by atoms with Gasteiger partial charge in [0.05, 0.1) is 11.6 Å². The second kappa shape index (κ2) is 4.98. The normalized spacial score (nSPS) is 10.0. The van der Waals surface area contributed by atoms with Crippen molar-refractivity contribution >= 4 is 12.4 Å². The van der Waals surface area contributed by atoms with Crippen molar-refractivity contribution in [3.63, 3.8) is 0 Å². The zero-order valence-corrected chi connectivity index (χ0v) is 8.03. The van der Waals surface area contributed by atoms with Gasteiger partial charge in [-0.25, -0.2) is 0 Å². The lowest BCUT2D eigenvalue weighted by Crippen LogP contribution is -1.82. The molecule has 0 aliphatic carbocycles. The Morgan fingerprint density at radius 2 is 2.29 bits per heavy atom. The molecule has 0 saturated carbocycles. The van der Waals surface area contributed by atoms with Crippen LogP contribution >= 0.6 is 0 Å². The minimum absolute atomic E-state index is 0.412. The molecule has 0 radical (unpaired) electrons. The van der Waals surface area contributed by atoms with Crippen molar-refractivity contribution in [3.8, 4) is 6.07 Å². The molecule has 70 valence electrons. The Bertz CT molecular complexity index is 399. The highest BCUT2D eigenvalue weighted by atomic mass is 16.1. The molecule has 0 bridgehead atoms. The molecule has 0 fully saturated rings. The zero-order valence-electron chi connectivity index (χ0n) is 8.03. The molecular weight excluding hydrogens is 174 g/mol. The Morgan fingerprint density at radius 3 is 2.93 bits per heavy atom. The third-order valence-corrected chi connectivity index (χ3v) is 1.92. The fourth-order valence-corrected chi connectivity index (χ4v) is 1.12. The molecular formula is C12H11NO. The lowest BCUT2D eigenvalue weighted by Gasteiger charge is -1.98. The van der Waals surface area contributed by atoms with Gasteiger partial charge in [0.25, 0.3) is 0 Å². The highest BCUT2D eigenvalue weighted by Crippen LogP contribution is 2.11. The highest BCUT2D eigenvalue weighted by molar-refractivity contribution is 5.59. The summed E-state index contributed by atoms with van der Waals surface area (Å²) >= 11 is 0. The fourth-order valence-electron chi connectivity index (χ4n) is 1.12. The van der Waals surface area contributed by atoms with Crippen LogP contribution in [0.25, 0.3) is 6.08 Å². The van der Waals surface area contributed by atoms with Crippen LogP contribution in [-0.4, -0.2) is 6.29 Å². The molecule has 0 aliphatic heterocycles. The van der Waals surface area contributed by atoms with E-state index in [1.807, 2.05) is 31.2 Å². The second-order valence-corrected chi connectivity index (χ2v) is 2.99. The number of hydrogen-bond acceptors (Lipinski definition) is 2. The van der Waals surface area contributed by atoms with Crippen molar-refractivity contribution in [2.45, 2.75) is 13.3 Å². The molecule has 0 heterocycles. The molecule has 1 aromatic carbocycles. The number of carbonyl (C=O) groups excluding carboxylic acids is 1. The van der Waals surface area contributed by atoms with Gasteiger partial charge in [0.1, 0.15) is 6.29 Å². The first kappa shape index (κ1) is 10.2. The van der Waals surface area contributed by atoms with Gasteiger partial charge in [0, 0.05) is 6.42 Å². The predicted molar refractivity (Wildman–Crippen MR) is 55.6 cm³/mol. The summed E-state index contributed by atoms with van der Waals surface area (Å²) < 4.78 is 0. The van der Waals surface area contributed by atoms with E-state index < -0.39 is 0 Å². The maximum atomic E-state index is 10.1. The molecule has 0 N–H and O–H groups in total. The second-order valence-electron chi connectivity index (χ2n) is 2.99. The largest absolute Gasteiger partial charge is 0.303 e. The molecule has 0 spiro atoms. The molecule has 14 heavy (non-hydrogen) atoms. The van der Waals surface area contributed by atoms with Gasteiger partial charge in [0.15, 0.2) is 0 Å². The monoisotopic (exact) mass is 185 g/mol. The molecule has 0 amide bonds. The van der Waals surface area contributed by atoms with Gasteiger partial charge in [-0.3, -0.25) is 0 Å². The average molecular weight is 185 g/mol. The van der Waals surface area contributed by atoms with E-state index in [-0.39, 0.29) is 0 Å². The summed E-state index contributed by atoms with van der Waals surface area (Å²) in [5.41, 5.74) is 2.60. The van der Waals surface area contributed by atoms with E-state index in [1.165, 1.54) is 0 Å². The molecule has 1 aromatic rings. The van der Waals surface area contributed by atoms with E-state index in [2.05, 4.69) is 6.07 Å². The molecule has 0 atom stereocenters. The number of benzene rings is 1. The van der Waals surface area contributed by atoms with Gasteiger partial charge in [-0.05, 0) is 24.1 Å². The van der Waals surface area contributed by atoms with Gasteiger partial charge >= 0.3 is 0 Å². The van der Waals surface area contributed by atoms with E-state index in [0.29, 0.717) is 12.0 Å². The average Bonchev–Trinajstić information content (AvgIpc) is 2.21. The lowest BCUT2D eigenvalue weighted by atomic mass is 10.1. The van der Waals surface area contributed by atoms with Gasteiger partial charge in [-0.2, -0.15) is 5.26 Å². The van der Waals surface area contributed by atoms with Crippen molar-refractivity contribution in [1.82, 2.24) is 0 Å². The SMILES string of the molecule is Cc1ccc(C=CCC=O)cc1C#N. The van der Waals surface area contributed by atoms with Crippen molar-refractivity contribution in [3.05, 3.63) is 41.0 Å². The fraction of sp³-hybridized carbons (Fsp3) is 0.167. The van der Waals surface area contributed by atoms with Crippen LogP contribution in [0.2, 0.25) is 0 Å². The van der Waals surface area contributed by atoms with Gasteiger partial charge in [-0.1, -0.05) is 24.3 Å². The Balaban J connectivity index is 2.91. The molecule has 1 rings (SSSR count). The van der Waals surface area contributed by atoms with Crippen molar-refractivity contribution in [2.75, 3.05) is 0 Å². The summed E-state index contributed by atoms with van der Waals surface area (Å²) in [6.07, 6.45) is 4.87. The number of rotatable bonds is 3. The van der Waals surface area contributed by atoms with E-state index >= 15 is 0 Å². The third-order valence-electron chi connectivity index (χ3n) is 1.92.